The van der Waals surface area contributed by atoms with Gasteiger partial charge in [-0.25, -0.2) is 0 Å². The average molecular weight is 274 g/mol. The predicted octanol–water partition coefficient (Wildman–Crippen LogP) is -9.62. The fourth-order valence-corrected chi connectivity index (χ4v) is 0. The van der Waals surface area contributed by atoms with Crippen molar-refractivity contribution in [1.29, 1.82) is 0 Å². The predicted molar refractivity (Wildman–Crippen MR) is 31.6 cm³/mol. The fraction of sp³-hybridized carbons (Fsp3) is 0. The van der Waals surface area contributed by atoms with Crippen LogP contribution in [0.5, 0.6) is 0 Å². The summed E-state index contributed by atoms with van der Waals surface area (Å²) in [7, 11) is -10.3. The standard InChI is InChI=1S/2H3N.2Na.2H3O4P/c;;;;2*1-5(2,3)4/h2*1H3;;;2*(H3,1,2,3,4)/q;;2*+1;;/p-2. The summed E-state index contributed by atoms with van der Waals surface area (Å²) < 4.78 is 17.3. The molecule has 10 nitrogen and oxygen atoms in total. The summed E-state index contributed by atoms with van der Waals surface area (Å²) in [4.78, 5) is 48.6. The van der Waals surface area contributed by atoms with Gasteiger partial charge < -0.3 is 50.8 Å². The molecule has 0 aromatic carbocycles. The van der Waals surface area contributed by atoms with Crippen molar-refractivity contribution in [2.45, 2.75) is 0 Å². The van der Waals surface area contributed by atoms with Crippen LogP contribution in [0.15, 0.2) is 0 Å². The maximum Gasteiger partial charge on any atom is 1.00 e. The second-order valence-electron chi connectivity index (χ2n) is 0.937. The molecular weight excluding hydrogens is 264 g/mol. The van der Waals surface area contributed by atoms with Gasteiger partial charge in [0.1, 0.15) is 0 Å². The Morgan fingerprint density at radius 3 is 0.714 bits per heavy atom. The molecule has 0 rings (SSSR count). The van der Waals surface area contributed by atoms with Gasteiger partial charge in [-0.1, -0.05) is 0 Å². The zero-order valence-electron chi connectivity index (χ0n) is 8.24. The van der Waals surface area contributed by atoms with E-state index in [9.17, 15) is 0 Å². The third-order valence-corrected chi connectivity index (χ3v) is 0. The maximum atomic E-state index is 8.66. The van der Waals surface area contributed by atoms with Crippen molar-refractivity contribution in [2.24, 2.45) is 0 Å². The molecule has 0 bridgehead atoms. The Labute approximate surface area is 124 Å². The second kappa shape index (κ2) is 15.1. The van der Waals surface area contributed by atoms with E-state index in [0.717, 1.165) is 0 Å². The molecule has 0 amide bonds. The number of hydrogen-bond acceptors (Lipinski definition) is 6. The minimum Gasteiger partial charge on any atom is -0.790 e. The summed E-state index contributed by atoms with van der Waals surface area (Å²) >= 11 is 0. The zero-order valence-corrected chi connectivity index (χ0v) is 14.0. The summed E-state index contributed by atoms with van der Waals surface area (Å²) in [5.74, 6) is 0. The summed E-state index contributed by atoms with van der Waals surface area (Å²) in [6.45, 7) is 0. The van der Waals surface area contributed by atoms with Crippen molar-refractivity contribution >= 4 is 15.6 Å². The van der Waals surface area contributed by atoms with E-state index in [2.05, 4.69) is 0 Å². The third-order valence-electron chi connectivity index (χ3n) is 0. The zero-order chi connectivity index (χ0) is 9.00. The summed E-state index contributed by atoms with van der Waals surface area (Å²) in [5, 5.41) is 0. The van der Waals surface area contributed by atoms with Crippen LogP contribution in [0.3, 0.4) is 0 Å². The van der Waals surface area contributed by atoms with E-state index in [4.69, 9.17) is 38.5 Å². The molecule has 0 radical (unpaired) electrons. The number of quaternary nitrogens is 2. The van der Waals surface area contributed by atoms with Crippen LogP contribution in [0, 0.1) is 0 Å². The first-order chi connectivity index (χ1) is 4.00. The van der Waals surface area contributed by atoms with Crippen molar-refractivity contribution < 1.29 is 97.6 Å². The summed E-state index contributed by atoms with van der Waals surface area (Å²) in [6.07, 6.45) is 0. The molecule has 0 aromatic rings. The Morgan fingerprint density at radius 1 is 0.714 bits per heavy atom. The average Bonchev–Trinajstić information content (AvgIpc) is 1.12. The van der Waals surface area contributed by atoms with Crippen molar-refractivity contribution in [3.63, 3.8) is 0 Å². The van der Waals surface area contributed by atoms with E-state index >= 15 is 0 Å². The van der Waals surface area contributed by atoms with Crippen LogP contribution in [-0.4, -0.2) is 9.79 Å². The van der Waals surface area contributed by atoms with Crippen LogP contribution in [0.1, 0.15) is 0 Å². The molecule has 0 unspecified atom stereocenters. The first-order valence-electron chi connectivity index (χ1n) is 1.50. The van der Waals surface area contributed by atoms with Crippen molar-refractivity contribution in [3.8, 4) is 0 Å². The monoisotopic (exact) mass is 274 g/mol. The van der Waals surface area contributed by atoms with Crippen molar-refractivity contribution in [1.82, 2.24) is 12.3 Å². The minimum atomic E-state index is -5.14. The first-order valence-corrected chi connectivity index (χ1v) is 4.49. The maximum absolute atomic E-state index is 8.66. The molecule has 0 fully saturated rings. The smallest absolute Gasteiger partial charge is 0.790 e. The van der Waals surface area contributed by atoms with Crippen LogP contribution in [0.4, 0.5) is 0 Å². The normalized spacial score (nSPS) is 8.43. The molecule has 10 N–H and O–H groups in total. The van der Waals surface area contributed by atoms with Gasteiger partial charge in [-0.3, -0.25) is 0 Å². The molecule has 0 saturated heterocycles. The topological polar surface area (TPSA) is 240 Å². The van der Waals surface area contributed by atoms with Gasteiger partial charge in [0.15, 0.2) is 0 Å². The second-order valence-corrected chi connectivity index (χ2v) is 2.81. The summed E-state index contributed by atoms with van der Waals surface area (Å²) in [6, 6.07) is 0. The van der Waals surface area contributed by atoms with Crippen LogP contribution in [0.2, 0.25) is 0 Å². The van der Waals surface area contributed by atoms with Crippen molar-refractivity contribution in [3.05, 3.63) is 0 Å². The van der Waals surface area contributed by atoms with E-state index in [1.165, 1.54) is 0 Å². The Kier molecular flexibility index (Phi) is 38.9. The van der Waals surface area contributed by atoms with Gasteiger partial charge in [-0.05, 0) is 0 Å². The fourth-order valence-electron chi connectivity index (χ4n) is 0. The van der Waals surface area contributed by atoms with E-state index in [1.54, 1.807) is 0 Å². The third kappa shape index (κ3) is 533. The van der Waals surface area contributed by atoms with Gasteiger partial charge >= 0.3 is 59.1 Å². The van der Waals surface area contributed by atoms with Crippen molar-refractivity contribution in [2.75, 3.05) is 0 Å². The minimum absolute atomic E-state index is 0. The molecule has 0 atom stereocenters. The molecule has 14 heteroatoms. The molecule has 0 aliphatic heterocycles. The molecule has 0 spiro atoms. The van der Waals surface area contributed by atoms with E-state index < -0.39 is 15.6 Å². The molecule has 0 saturated carbocycles. The Hall–Kier alpha value is 2.14. The first kappa shape index (κ1) is 36.0. The number of rotatable bonds is 0. The van der Waals surface area contributed by atoms with Gasteiger partial charge in [0.2, 0.25) is 0 Å². The van der Waals surface area contributed by atoms with E-state index in [0.29, 0.717) is 0 Å². The Bertz CT molecular complexity index is 136. The molecular formula is H10N2Na2O8P2. The van der Waals surface area contributed by atoms with Crippen LogP contribution >= 0.6 is 15.6 Å². The van der Waals surface area contributed by atoms with Gasteiger partial charge in [0, 0.05) is 0 Å². The molecule has 0 aromatic heterocycles. The number of phosphoric acid groups is 2. The molecule has 0 aliphatic carbocycles. The van der Waals surface area contributed by atoms with Crippen LogP contribution in [0.25, 0.3) is 0 Å². The number of hydrogen-bond donors (Lipinski definition) is 4. The molecule has 14 heavy (non-hydrogen) atoms. The van der Waals surface area contributed by atoms with Crippen LogP contribution < -0.4 is 91.0 Å². The molecule has 0 heterocycles. The van der Waals surface area contributed by atoms with Gasteiger partial charge in [-0.2, -0.15) is 0 Å². The van der Waals surface area contributed by atoms with E-state index in [1.807, 2.05) is 0 Å². The Balaban J connectivity index is -0.0000000178. The van der Waals surface area contributed by atoms with E-state index in [-0.39, 0.29) is 71.4 Å². The SMILES string of the molecule is O=P([O-])([O-])O.O=P([O-])([O-])O.[NH4+].[NH4+].[Na+].[Na+]. The van der Waals surface area contributed by atoms with Gasteiger partial charge in [0.25, 0.3) is 0 Å². The largest absolute Gasteiger partial charge is 1.00 e. The van der Waals surface area contributed by atoms with Crippen LogP contribution in [-0.2, 0) is 9.13 Å². The van der Waals surface area contributed by atoms with Gasteiger partial charge in [-0.15, -0.1) is 0 Å². The Morgan fingerprint density at radius 2 is 0.714 bits per heavy atom. The quantitative estimate of drug-likeness (QED) is 0.243. The molecule has 80 valence electrons. The molecule has 0 aliphatic rings. The summed E-state index contributed by atoms with van der Waals surface area (Å²) in [5.41, 5.74) is 0. The van der Waals surface area contributed by atoms with Gasteiger partial charge in [0.05, 0.1) is 15.6 Å².